The Kier molecular flexibility index (Phi) is 5.51. The average Bonchev–Trinajstić information content (AvgIpc) is 3.50. The van der Waals surface area contributed by atoms with Crippen LogP contribution in [0.15, 0.2) is 53.3 Å². The Morgan fingerprint density at radius 2 is 1.94 bits per heavy atom. The average molecular weight is 432 g/mol. The van der Waals surface area contributed by atoms with E-state index in [1.54, 1.807) is 7.11 Å². The minimum Gasteiger partial charge on any atom is -0.497 e. The lowest BCUT2D eigenvalue weighted by molar-refractivity contribution is 0.196. The highest BCUT2D eigenvalue weighted by Gasteiger charge is 2.25. The van der Waals surface area contributed by atoms with Crippen molar-refractivity contribution < 1.29 is 4.74 Å². The van der Waals surface area contributed by atoms with Gasteiger partial charge < -0.3 is 4.74 Å². The van der Waals surface area contributed by atoms with Crippen molar-refractivity contribution in [3.8, 4) is 22.8 Å². The lowest BCUT2D eigenvalue weighted by Crippen LogP contribution is -2.34. The Morgan fingerprint density at radius 3 is 2.66 bits per heavy atom. The summed E-state index contributed by atoms with van der Waals surface area (Å²) in [5.41, 5.74) is 2.64. The fourth-order valence-electron chi connectivity index (χ4n) is 4.15. The van der Waals surface area contributed by atoms with Crippen molar-refractivity contribution in [1.29, 1.82) is 0 Å². The smallest absolute Gasteiger partial charge is 0.348 e. The first kappa shape index (κ1) is 20.1. The molecule has 1 saturated heterocycles. The third kappa shape index (κ3) is 4.17. The van der Waals surface area contributed by atoms with Gasteiger partial charge in [-0.1, -0.05) is 24.3 Å². The molecule has 0 saturated carbocycles. The van der Waals surface area contributed by atoms with E-state index in [0.29, 0.717) is 11.5 Å². The Balaban J connectivity index is 1.27. The van der Waals surface area contributed by atoms with E-state index in [-0.39, 0.29) is 11.6 Å². The number of ether oxygens (including phenoxy) is 1. The summed E-state index contributed by atoms with van der Waals surface area (Å²) in [7, 11) is 1.62. The van der Waals surface area contributed by atoms with Crippen LogP contribution in [0.5, 0.6) is 5.75 Å². The normalized spacial score (nSPS) is 16.8. The maximum Gasteiger partial charge on any atom is 0.348 e. The molecule has 0 amide bonds. The van der Waals surface area contributed by atoms with Gasteiger partial charge >= 0.3 is 5.69 Å². The van der Waals surface area contributed by atoms with E-state index >= 15 is 0 Å². The summed E-state index contributed by atoms with van der Waals surface area (Å²) in [6.45, 7) is 2.71. The van der Waals surface area contributed by atoms with E-state index in [9.17, 15) is 4.79 Å². The topological polar surface area (TPSA) is 118 Å². The van der Waals surface area contributed by atoms with Crippen LogP contribution in [0.2, 0.25) is 0 Å². The second-order valence-corrected chi connectivity index (χ2v) is 7.93. The monoisotopic (exact) mass is 432 g/mol. The molecule has 2 aromatic carbocycles. The number of benzene rings is 2. The van der Waals surface area contributed by atoms with Crippen molar-refractivity contribution in [2.24, 2.45) is 0 Å². The lowest BCUT2D eigenvalue weighted by atomic mass is 9.97. The molecule has 1 aliphatic rings. The molecule has 0 spiro atoms. The number of likely N-dealkylation sites (tertiary alicyclic amines) is 1. The highest BCUT2D eigenvalue weighted by Crippen LogP contribution is 2.26. The Labute approximate surface area is 184 Å². The second-order valence-electron chi connectivity index (χ2n) is 7.93. The molecule has 3 heterocycles. The van der Waals surface area contributed by atoms with Crippen molar-refractivity contribution >= 4 is 0 Å². The predicted molar refractivity (Wildman–Crippen MR) is 118 cm³/mol. The van der Waals surface area contributed by atoms with Crippen LogP contribution in [0.4, 0.5) is 0 Å². The van der Waals surface area contributed by atoms with Crippen LogP contribution in [0.3, 0.4) is 0 Å². The molecule has 1 aliphatic heterocycles. The van der Waals surface area contributed by atoms with Crippen molar-refractivity contribution in [2.45, 2.75) is 25.3 Å². The molecule has 0 bridgehead atoms. The Hall–Kier alpha value is -3.79. The third-order valence-electron chi connectivity index (χ3n) is 5.81. The van der Waals surface area contributed by atoms with Crippen molar-refractivity contribution in [3.63, 3.8) is 0 Å². The summed E-state index contributed by atoms with van der Waals surface area (Å²) in [4.78, 5) is 17.9. The quantitative estimate of drug-likeness (QED) is 0.479. The molecule has 10 nitrogen and oxygen atoms in total. The van der Waals surface area contributed by atoms with Crippen LogP contribution >= 0.6 is 0 Å². The van der Waals surface area contributed by atoms with Crippen LogP contribution in [0.1, 0.15) is 30.1 Å². The van der Waals surface area contributed by atoms with E-state index in [1.807, 2.05) is 36.4 Å². The zero-order chi connectivity index (χ0) is 21.9. The van der Waals surface area contributed by atoms with E-state index < -0.39 is 0 Å². The highest BCUT2D eigenvalue weighted by atomic mass is 16.5. The van der Waals surface area contributed by atoms with Gasteiger partial charge in [0.1, 0.15) is 11.6 Å². The van der Waals surface area contributed by atoms with Crippen LogP contribution in [0, 0.1) is 0 Å². The zero-order valence-corrected chi connectivity index (χ0v) is 17.7. The number of nitrogens with zero attached hydrogens (tertiary/aromatic N) is 6. The summed E-state index contributed by atoms with van der Waals surface area (Å²) >= 11 is 0. The standard InChI is InChI=1S/C22H24N8O2/c1-32-19-10-8-18(9-11-19)30-22(31)23-20(26-30)17-3-2-12-29(14-17)13-15-4-6-16(7-5-15)21-24-27-28-25-21/h4-11,17H,2-3,12-14H2,1H3,(H,23,26,31)(H,24,25,27,28)/t17-/m0/s1. The largest absolute Gasteiger partial charge is 0.497 e. The molecule has 2 N–H and O–H groups in total. The minimum atomic E-state index is -0.223. The fourth-order valence-corrected chi connectivity index (χ4v) is 4.15. The number of H-pyrrole nitrogens is 2. The number of methoxy groups -OCH3 is 1. The van der Waals surface area contributed by atoms with Gasteiger partial charge in [0.05, 0.1) is 12.8 Å². The van der Waals surface area contributed by atoms with E-state index in [1.165, 1.54) is 10.2 Å². The number of piperidine rings is 1. The van der Waals surface area contributed by atoms with E-state index in [0.717, 1.165) is 49.6 Å². The summed E-state index contributed by atoms with van der Waals surface area (Å²) in [5, 5.41) is 18.7. The molecule has 1 fully saturated rings. The molecule has 0 radical (unpaired) electrons. The SMILES string of the molecule is COc1ccc(-n2nc([C@H]3CCCN(Cc4ccc(-c5nn[nH]n5)cc4)C3)[nH]c2=O)cc1. The molecule has 164 valence electrons. The predicted octanol–water partition coefficient (Wildman–Crippen LogP) is 2.13. The first-order chi connectivity index (χ1) is 15.7. The van der Waals surface area contributed by atoms with Crippen molar-refractivity contribution in [2.75, 3.05) is 20.2 Å². The fraction of sp³-hybridized carbons (Fsp3) is 0.318. The molecule has 2 aromatic heterocycles. The molecule has 1 atom stereocenters. The van der Waals surface area contributed by atoms with Gasteiger partial charge in [0.2, 0.25) is 5.82 Å². The first-order valence-electron chi connectivity index (χ1n) is 10.6. The molecule has 4 aromatic rings. The molecular weight excluding hydrogens is 408 g/mol. The number of rotatable bonds is 6. The minimum absolute atomic E-state index is 0.189. The van der Waals surface area contributed by atoms with Crippen LogP contribution in [0.25, 0.3) is 17.1 Å². The van der Waals surface area contributed by atoms with Gasteiger partial charge in [0.15, 0.2) is 0 Å². The van der Waals surface area contributed by atoms with Gasteiger partial charge in [-0.15, -0.1) is 15.3 Å². The molecule has 0 unspecified atom stereocenters. The van der Waals surface area contributed by atoms with Crippen LogP contribution in [-0.2, 0) is 6.54 Å². The van der Waals surface area contributed by atoms with E-state index in [2.05, 4.69) is 47.7 Å². The Bertz CT molecular complexity index is 1210. The Morgan fingerprint density at radius 1 is 1.12 bits per heavy atom. The summed E-state index contributed by atoms with van der Waals surface area (Å²) in [6, 6.07) is 15.5. The van der Waals surface area contributed by atoms with Gasteiger partial charge in [0.25, 0.3) is 0 Å². The lowest BCUT2D eigenvalue weighted by Gasteiger charge is -2.31. The number of aromatic amines is 2. The second kappa shape index (κ2) is 8.75. The van der Waals surface area contributed by atoms with Crippen molar-refractivity contribution in [1.82, 2.24) is 40.3 Å². The van der Waals surface area contributed by atoms with Gasteiger partial charge in [-0.25, -0.2) is 4.79 Å². The van der Waals surface area contributed by atoms with Gasteiger partial charge in [0, 0.05) is 24.6 Å². The van der Waals surface area contributed by atoms with Gasteiger partial charge in [-0.3, -0.25) is 9.88 Å². The number of tetrazole rings is 1. The molecule has 32 heavy (non-hydrogen) atoms. The maximum atomic E-state index is 12.5. The van der Waals surface area contributed by atoms with Gasteiger partial charge in [-0.05, 0) is 54.4 Å². The van der Waals surface area contributed by atoms with Crippen LogP contribution < -0.4 is 10.4 Å². The molecule has 0 aliphatic carbocycles. The van der Waals surface area contributed by atoms with Crippen LogP contribution in [-0.4, -0.2) is 60.5 Å². The summed E-state index contributed by atoms with van der Waals surface area (Å²) in [5.74, 6) is 2.26. The molecule has 5 rings (SSSR count). The number of hydrogen-bond donors (Lipinski definition) is 2. The number of hydrogen-bond acceptors (Lipinski definition) is 7. The summed E-state index contributed by atoms with van der Waals surface area (Å²) in [6.07, 6.45) is 2.06. The van der Waals surface area contributed by atoms with Gasteiger partial charge in [-0.2, -0.15) is 9.90 Å². The molecular formula is C22H24N8O2. The number of nitrogens with one attached hydrogen (secondary N) is 2. The van der Waals surface area contributed by atoms with Crippen molar-refractivity contribution in [3.05, 3.63) is 70.4 Å². The highest BCUT2D eigenvalue weighted by molar-refractivity contribution is 5.54. The third-order valence-corrected chi connectivity index (χ3v) is 5.81. The molecule has 10 heteroatoms. The van der Waals surface area contributed by atoms with E-state index in [4.69, 9.17) is 4.74 Å². The maximum absolute atomic E-state index is 12.5. The zero-order valence-electron chi connectivity index (χ0n) is 17.7. The summed E-state index contributed by atoms with van der Waals surface area (Å²) < 4.78 is 6.61. The first-order valence-corrected chi connectivity index (χ1v) is 10.6. The number of aromatic nitrogens is 7.